The molecule has 0 radical (unpaired) electrons. The number of ether oxygens (including phenoxy) is 1. The lowest BCUT2D eigenvalue weighted by Gasteiger charge is -2.35. The molecule has 2 unspecified atom stereocenters. The molecule has 1 saturated carbocycles. The maximum Gasteiger partial charge on any atom is 0.0695 e. The Balaban J connectivity index is 1.78. The van der Waals surface area contributed by atoms with E-state index < -0.39 is 0 Å². The number of rotatable bonds is 3. The summed E-state index contributed by atoms with van der Waals surface area (Å²) in [7, 11) is 0. The molecule has 0 aromatic heterocycles. The normalized spacial score (nSPS) is 32.0. The van der Waals surface area contributed by atoms with Crippen LogP contribution in [0, 0.1) is 5.92 Å². The van der Waals surface area contributed by atoms with Crippen LogP contribution in [0.25, 0.3) is 0 Å². The molecule has 2 atom stereocenters. The lowest BCUT2D eigenvalue weighted by molar-refractivity contribution is -0.0293. The van der Waals surface area contributed by atoms with E-state index >= 15 is 0 Å². The lowest BCUT2D eigenvalue weighted by atomic mass is 10.00. The Labute approximate surface area is 92.4 Å². The van der Waals surface area contributed by atoms with Gasteiger partial charge in [-0.1, -0.05) is 12.8 Å². The van der Waals surface area contributed by atoms with Gasteiger partial charge in [0.05, 0.1) is 19.3 Å². The maximum absolute atomic E-state index is 10.1. The number of hydrogen-bond acceptors (Lipinski definition) is 3. The summed E-state index contributed by atoms with van der Waals surface area (Å²) < 4.78 is 5.40. The van der Waals surface area contributed by atoms with Crippen LogP contribution < -0.4 is 0 Å². The van der Waals surface area contributed by atoms with Crippen molar-refractivity contribution in [3.05, 3.63) is 0 Å². The van der Waals surface area contributed by atoms with E-state index in [0.29, 0.717) is 12.0 Å². The van der Waals surface area contributed by atoms with Gasteiger partial charge in [0.1, 0.15) is 0 Å². The fourth-order valence-electron chi connectivity index (χ4n) is 2.76. The van der Waals surface area contributed by atoms with Gasteiger partial charge in [-0.05, 0) is 25.7 Å². The van der Waals surface area contributed by atoms with E-state index in [0.717, 1.165) is 26.3 Å². The quantitative estimate of drug-likeness (QED) is 0.766. The number of aliphatic hydroxyl groups is 1. The van der Waals surface area contributed by atoms with Gasteiger partial charge in [0, 0.05) is 19.1 Å². The fourth-order valence-corrected chi connectivity index (χ4v) is 2.76. The van der Waals surface area contributed by atoms with Gasteiger partial charge in [-0.3, -0.25) is 4.90 Å². The summed E-state index contributed by atoms with van der Waals surface area (Å²) >= 11 is 0. The predicted molar refractivity (Wildman–Crippen MR) is 59.8 cm³/mol. The fraction of sp³-hybridized carbons (Fsp3) is 1.00. The molecule has 3 nitrogen and oxygen atoms in total. The molecule has 1 aliphatic carbocycles. The molecule has 2 fully saturated rings. The van der Waals surface area contributed by atoms with Crippen LogP contribution in [0.3, 0.4) is 0 Å². The van der Waals surface area contributed by atoms with E-state index in [4.69, 9.17) is 4.74 Å². The maximum atomic E-state index is 10.1. The van der Waals surface area contributed by atoms with E-state index in [2.05, 4.69) is 11.8 Å². The zero-order valence-corrected chi connectivity index (χ0v) is 9.69. The predicted octanol–water partition coefficient (Wildman–Crippen LogP) is 1.26. The molecule has 0 aromatic rings. The SMILES string of the molecule is CC1COCCN1CC(O)C1CCCC1. The van der Waals surface area contributed by atoms with Crippen LogP contribution in [0.5, 0.6) is 0 Å². The van der Waals surface area contributed by atoms with Gasteiger partial charge in [0.2, 0.25) is 0 Å². The number of nitrogens with zero attached hydrogens (tertiary/aromatic N) is 1. The molecule has 88 valence electrons. The topological polar surface area (TPSA) is 32.7 Å². The van der Waals surface area contributed by atoms with Crippen LogP contribution in [0.1, 0.15) is 32.6 Å². The molecular formula is C12H23NO2. The van der Waals surface area contributed by atoms with Crippen LogP contribution in [0.4, 0.5) is 0 Å². The molecule has 0 amide bonds. The van der Waals surface area contributed by atoms with Crippen molar-refractivity contribution in [3.8, 4) is 0 Å². The van der Waals surface area contributed by atoms with Gasteiger partial charge >= 0.3 is 0 Å². The minimum absolute atomic E-state index is 0.118. The Bertz CT molecular complexity index is 192. The summed E-state index contributed by atoms with van der Waals surface area (Å²) in [6, 6.07) is 0.467. The molecule has 15 heavy (non-hydrogen) atoms. The van der Waals surface area contributed by atoms with Crippen molar-refractivity contribution in [1.82, 2.24) is 4.90 Å². The lowest BCUT2D eigenvalue weighted by Crippen LogP contribution is -2.48. The summed E-state index contributed by atoms with van der Waals surface area (Å²) in [4.78, 5) is 2.37. The average Bonchev–Trinajstić information content (AvgIpc) is 2.74. The van der Waals surface area contributed by atoms with E-state index in [1.165, 1.54) is 25.7 Å². The first-order chi connectivity index (χ1) is 7.27. The Morgan fingerprint density at radius 2 is 2.13 bits per heavy atom. The van der Waals surface area contributed by atoms with Crippen LogP contribution in [-0.2, 0) is 4.74 Å². The second kappa shape index (κ2) is 5.28. The van der Waals surface area contributed by atoms with Gasteiger partial charge in [-0.15, -0.1) is 0 Å². The minimum atomic E-state index is -0.118. The van der Waals surface area contributed by atoms with E-state index in [1.54, 1.807) is 0 Å². The number of β-amino-alcohol motifs (C(OH)–C–C–N with tert-alkyl or cyclic N) is 1. The molecular weight excluding hydrogens is 190 g/mol. The molecule has 0 spiro atoms. The van der Waals surface area contributed by atoms with Gasteiger partial charge in [-0.25, -0.2) is 0 Å². The van der Waals surface area contributed by atoms with E-state index in [-0.39, 0.29) is 6.10 Å². The van der Waals surface area contributed by atoms with Crippen LogP contribution in [0.15, 0.2) is 0 Å². The summed E-state index contributed by atoms with van der Waals surface area (Å²) in [5.74, 6) is 0.556. The summed E-state index contributed by atoms with van der Waals surface area (Å²) in [5.41, 5.74) is 0. The van der Waals surface area contributed by atoms with Crippen molar-refractivity contribution in [3.63, 3.8) is 0 Å². The van der Waals surface area contributed by atoms with Gasteiger partial charge in [-0.2, -0.15) is 0 Å². The first-order valence-electron chi connectivity index (χ1n) is 6.27. The third-order valence-electron chi connectivity index (χ3n) is 3.87. The molecule has 2 rings (SSSR count). The first-order valence-corrected chi connectivity index (χ1v) is 6.27. The largest absolute Gasteiger partial charge is 0.392 e. The van der Waals surface area contributed by atoms with Crippen molar-refractivity contribution in [1.29, 1.82) is 0 Å². The zero-order valence-electron chi connectivity index (χ0n) is 9.69. The second-order valence-electron chi connectivity index (χ2n) is 5.03. The smallest absolute Gasteiger partial charge is 0.0695 e. The molecule has 0 aromatic carbocycles. The van der Waals surface area contributed by atoms with Crippen molar-refractivity contribution >= 4 is 0 Å². The second-order valence-corrected chi connectivity index (χ2v) is 5.03. The standard InChI is InChI=1S/C12H23NO2/c1-10-9-15-7-6-13(10)8-12(14)11-4-2-3-5-11/h10-12,14H,2-9H2,1H3. The van der Waals surface area contributed by atoms with E-state index in [9.17, 15) is 5.11 Å². The van der Waals surface area contributed by atoms with Crippen molar-refractivity contribution in [2.75, 3.05) is 26.3 Å². The Kier molecular flexibility index (Phi) is 4.00. The number of aliphatic hydroxyl groups excluding tert-OH is 1. The van der Waals surface area contributed by atoms with Crippen molar-refractivity contribution in [2.24, 2.45) is 5.92 Å². The highest BCUT2D eigenvalue weighted by Gasteiger charge is 2.27. The highest BCUT2D eigenvalue weighted by atomic mass is 16.5. The van der Waals surface area contributed by atoms with Crippen LogP contribution in [-0.4, -0.2) is 48.5 Å². The molecule has 0 bridgehead atoms. The van der Waals surface area contributed by atoms with Crippen LogP contribution >= 0.6 is 0 Å². The number of hydrogen-bond donors (Lipinski definition) is 1. The van der Waals surface area contributed by atoms with Gasteiger partial charge in [0.15, 0.2) is 0 Å². The average molecular weight is 213 g/mol. The third kappa shape index (κ3) is 2.92. The zero-order chi connectivity index (χ0) is 10.7. The third-order valence-corrected chi connectivity index (χ3v) is 3.87. The molecule has 2 aliphatic rings. The highest BCUT2D eigenvalue weighted by molar-refractivity contribution is 4.80. The Morgan fingerprint density at radius 3 is 2.80 bits per heavy atom. The Morgan fingerprint density at radius 1 is 1.40 bits per heavy atom. The molecule has 1 N–H and O–H groups in total. The monoisotopic (exact) mass is 213 g/mol. The summed E-state index contributed by atoms with van der Waals surface area (Å²) in [5, 5.41) is 10.1. The minimum Gasteiger partial charge on any atom is -0.392 e. The van der Waals surface area contributed by atoms with Crippen molar-refractivity contribution in [2.45, 2.75) is 44.8 Å². The molecule has 1 saturated heterocycles. The van der Waals surface area contributed by atoms with Gasteiger partial charge in [0.25, 0.3) is 0 Å². The summed E-state index contributed by atoms with van der Waals surface area (Å²) in [6.07, 6.45) is 4.94. The summed E-state index contributed by atoms with van der Waals surface area (Å²) in [6.45, 7) is 5.64. The first kappa shape index (κ1) is 11.4. The van der Waals surface area contributed by atoms with Crippen molar-refractivity contribution < 1.29 is 9.84 Å². The Hall–Kier alpha value is -0.120. The van der Waals surface area contributed by atoms with Gasteiger partial charge < -0.3 is 9.84 Å². The number of morpholine rings is 1. The molecule has 1 aliphatic heterocycles. The van der Waals surface area contributed by atoms with Crippen LogP contribution in [0.2, 0.25) is 0 Å². The highest BCUT2D eigenvalue weighted by Crippen LogP contribution is 2.28. The van der Waals surface area contributed by atoms with E-state index in [1.807, 2.05) is 0 Å². The molecule has 1 heterocycles. The molecule has 3 heteroatoms.